The number of benzene rings is 1. The van der Waals surface area contributed by atoms with Gasteiger partial charge in [0.2, 0.25) is 10.0 Å². The number of nitrogens with zero attached hydrogens (tertiary/aromatic N) is 1. The maximum Gasteiger partial charge on any atom is 0.323 e. The molecule has 1 aromatic carbocycles. The molecule has 1 aliphatic rings. The van der Waals surface area contributed by atoms with E-state index < -0.39 is 10.0 Å². The number of rotatable bonds is 3. The van der Waals surface area contributed by atoms with Crippen LogP contribution in [-0.2, 0) is 10.0 Å². The standard InChI is InChI=1S/C13H17BrN4O3S/c1-13(6-15)2-3-18(7-13)22(20,21)11-5-10-9(4-8(11)14)16-12(19)17-10/h4-5H,2-3,6-7,15H2,1H3,(H2,16,17,19). The molecule has 9 heteroatoms. The molecule has 2 heterocycles. The van der Waals surface area contributed by atoms with Crippen molar-refractivity contribution in [2.24, 2.45) is 11.1 Å². The van der Waals surface area contributed by atoms with E-state index in [0.29, 0.717) is 35.1 Å². The minimum absolute atomic E-state index is 0.150. The van der Waals surface area contributed by atoms with Crippen molar-refractivity contribution in [1.29, 1.82) is 0 Å². The van der Waals surface area contributed by atoms with Crippen molar-refractivity contribution in [2.45, 2.75) is 18.2 Å². The number of hydrogen-bond acceptors (Lipinski definition) is 4. The van der Waals surface area contributed by atoms with Crippen LogP contribution in [0.4, 0.5) is 0 Å². The molecule has 1 fully saturated rings. The molecule has 0 bridgehead atoms. The van der Waals surface area contributed by atoms with E-state index in [9.17, 15) is 13.2 Å². The number of hydrogen-bond donors (Lipinski definition) is 3. The zero-order valence-electron chi connectivity index (χ0n) is 12.0. The number of aromatic nitrogens is 2. The van der Waals surface area contributed by atoms with Crippen molar-refractivity contribution in [2.75, 3.05) is 19.6 Å². The van der Waals surface area contributed by atoms with E-state index in [2.05, 4.69) is 25.9 Å². The molecule has 0 spiro atoms. The second kappa shape index (κ2) is 5.19. The Balaban J connectivity index is 2.06. The van der Waals surface area contributed by atoms with Gasteiger partial charge in [-0.3, -0.25) is 0 Å². The fourth-order valence-electron chi connectivity index (χ4n) is 2.72. The van der Waals surface area contributed by atoms with Gasteiger partial charge in [-0.15, -0.1) is 0 Å². The predicted octanol–water partition coefficient (Wildman–Crippen LogP) is 0.978. The predicted molar refractivity (Wildman–Crippen MR) is 87.2 cm³/mol. The second-order valence-corrected chi connectivity index (χ2v) is 8.77. The van der Waals surface area contributed by atoms with Gasteiger partial charge in [0, 0.05) is 17.6 Å². The van der Waals surface area contributed by atoms with Crippen molar-refractivity contribution in [3.63, 3.8) is 0 Å². The lowest BCUT2D eigenvalue weighted by atomic mass is 9.90. The van der Waals surface area contributed by atoms with E-state index in [1.54, 1.807) is 6.07 Å². The third-order valence-electron chi connectivity index (χ3n) is 4.20. The first-order chi connectivity index (χ1) is 10.2. The summed E-state index contributed by atoms with van der Waals surface area (Å²) < 4.78 is 27.6. The highest BCUT2D eigenvalue weighted by Gasteiger charge is 2.39. The highest BCUT2D eigenvalue weighted by atomic mass is 79.9. The summed E-state index contributed by atoms with van der Waals surface area (Å²) in [6.45, 7) is 3.29. The summed E-state index contributed by atoms with van der Waals surface area (Å²) in [5, 5.41) is 0. The Kier molecular flexibility index (Phi) is 3.71. The molecule has 1 atom stereocenters. The van der Waals surface area contributed by atoms with Crippen LogP contribution in [0.2, 0.25) is 0 Å². The first-order valence-electron chi connectivity index (χ1n) is 6.87. The number of halogens is 1. The maximum atomic E-state index is 12.9. The van der Waals surface area contributed by atoms with Crippen molar-refractivity contribution in [3.05, 3.63) is 27.1 Å². The Morgan fingerprint density at radius 1 is 1.36 bits per heavy atom. The number of sulfonamides is 1. The molecule has 1 unspecified atom stereocenters. The molecule has 4 N–H and O–H groups in total. The number of nitrogens with two attached hydrogens (primary N) is 1. The lowest BCUT2D eigenvalue weighted by molar-refractivity contribution is 0.349. The van der Waals surface area contributed by atoms with Crippen molar-refractivity contribution < 1.29 is 8.42 Å². The lowest BCUT2D eigenvalue weighted by Crippen LogP contribution is -2.34. The SMILES string of the molecule is CC1(CN)CCN(S(=O)(=O)c2cc3[nH]c(=O)[nH]c3cc2Br)C1. The van der Waals surface area contributed by atoms with Gasteiger partial charge in [0.15, 0.2) is 0 Å². The highest BCUT2D eigenvalue weighted by molar-refractivity contribution is 9.10. The van der Waals surface area contributed by atoms with Gasteiger partial charge in [-0.25, -0.2) is 13.2 Å². The topological polar surface area (TPSA) is 112 Å². The Morgan fingerprint density at radius 2 is 2.00 bits per heavy atom. The molecular weight excluding hydrogens is 372 g/mol. The highest BCUT2D eigenvalue weighted by Crippen LogP contribution is 2.35. The van der Waals surface area contributed by atoms with Crippen LogP contribution in [0.15, 0.2) is 26.3 Å². The van der Waals surface area contributed by atoms with Gasteiger partial charge in [-0.05, 0) is 46.4 Å². The summed E-state index contributed by atoms with van der Waals surface area (Å²) in [4.78, 5) is 16.7. The van der Waals surface area contributed by atoms with Gasteiger partial charge in [0.05, 0.1) is 15.9 Å². The number of imidazole rings is 1. The molecular formula is C13H17BrN4O3S. The Bertz CT molecular complexity index is 888. The van der Waals surface area contributed by atoms with Crippen molar-refractivity contribution >= 4 is 37.0 Å². The van der Waals surface area contributed by atoms with Crippen LogP contribution in [0.1, 0.15) is 13.3 Å². The van der Waals surface area contributed by atoms with Gasteiger partial charge in [-0.2, -0.15) is 4.31 Å². The number of fused-ring (bicyclic) bond motifs is 1. The molecule has 0 aliphatic carbocycles. The Hall–Kier alpha value is -1.16. The number of nitrogens with one attached hydrogen (secondary N) is 2. The molecule has 0 amide bonds. The molecule has 22 heavy (non-hydrogen) atoms. The molecule has 3 rings (SSSR count). The monoisotopic (exact) mass is 388 g/mol. The fraction of sp³-hybridized carbons (Fsp3) is 0.462. The first-order valence-corrected chi connectivity index (χ1v) is 9.10. The molecule has 1 saturated heterocycles. The van der Waals surface area contributed by atoms with Gasteiger partial charge in [-0.1, -0.05) is 6.92 Å². The maximum absolute atomic E-state index is 12.9. The summed E-state index contributed by atoms with van der Waals surface area (Å²) in [7, 11) is -3.64. The third-order valence-corrected chi connectivity index (χ3v) is 7.01. The third kappa shape index (κ3) is 2.51. The van der Waals surface area contributed by atoms with E-state index in [4.69, 9.17) is 5.73 Å². The molecule has 120 valence electrons. The second-order valence-electron chi connectivity index (χ2n) is 6.01. The molecule has 1 aliphatic heterocycles. The van der Waals surface area contributed by atoms with Crippen LogP contribution >= 0.6 is 15.9 Å². The summed E-state index contributed by atoms with van der Waals surface area (Å²) in [6, 6.07) is 3.07. The number of H-pyrrole nitrogens is 2. The summed E-state index contributed by atoms with van der Waals surface area (Å²) in [5.41, 5.74) is 6.21. The Labute approximate surface area is 136 Å². The minimum Gasteiger partial charge on any atom is -0.330 e. The summed E-state index contributed by atoms with van der Waals surface area (Å²) >= 11 is 3.29. The van der Waals surface area contributed by atoms with Crippen LogP contribution in [0.5, 0.6) is 0 Å². The summed E-state index contributed by atoms with van der Waals surface area (Å²) in [6.07, 6.45) is 0.740. The van der Waals surface area contributed by atoms with Crippen LogP contribution in [0, 0.1) is 5.41 Å². The quantitative estimate of drug-likeness (QED) is 0.726. The van der Waals surface area contributed by atoms with Crippen LogP contribution in [-0.4, -0.2) is 42.3 Å². The van der Waals surface area contributed by atoms with Crippen LogP contribution in [0.25, 0.3) is 11.0 Å². The molecule has 0 radical (unpaired) electrons. The van der Waals surface area contributed by atoms with E-state index >= 15 is 0 Å². The van der Waals surface area contributed by atoms with E-state index in [-0.39, 0.29) is 16.0 Å². The lowest BCUT2D eigenvalue weighted by Gasteiger charge is -2.22. The fourth-order valence-corrected chi connectivity index (χ4v) is 5.34. The van der Waals surface area contributed by atoms with E-state index in [0.717, 1.165) is 6.42 Å². The normalized spacial score (nSPS) is 23.4. The van der Waals surface area contributed by atoms with E-state index in [1.165, 1.54) is 10.4 Å². The molecule has 0 saturated carbocycles. The summed E-state index contributed by atoms with van der Waals surface area (Å²) in [5.74, 6) is 0. The van der Waals surface area contributed by atoms with Crippen LogP contribution in [0.3, 0.4) is 0 Å². The zero-order chi connectivity index (χ0) is 16.1. The zero-order valence-corrected chi connectivity index (χ0v) is 14.4. The van der Waals surface area contributed by atoms with Gasteiger partial charge in [0.25, 0.3) is 0 Å². The van der Waals surface area contributed by atoms with Crippen molar-refractivity contribution in [1.82, 2.24) is 14.3 Å². The molecule has 1 aromatic heterocycles. The first kappa shape index (κ1) is 15.7. The average molecular weight is 389 g/mol. The number of aromatic amines is 2. The molecule has 7 nitrogen and oxygen atoms in total. The largest absolute Gasteiger partial charge is 0.330 e. The minimum atomic E-state index is -3.64. The van der Waals surface area contributed by atoms with Gasteiger partial charge >= 0.3 is 5.69 Å². The van der Waals surface area contributed by atoms with Crippen LogP contribution < -0.4 is 11.4 Å². The average Bonchev–Trinajstić information content (AvgIpc) is 3.01. The molecule has 2 aromatic rings. The van der Waals surface area contributed by atoms with E-state index in [1.807, 2.05) is 6.92 Å². The smallest absolute Gasteiger partial charge is 0.323 e. The van der Waals surface area contributed by atoms with Gasteiger partial charge < -0.3 is 15.7 Å². The van der Waals surface area contributed by atoms with Crippen molar-refractivity contribution in [3.8, 4) is 0 Å². The van der Waals surface area contributed by atoms with Gasteiger partial charge in [0.1, 0.15) is 0 Å². The Morgan fingerprint density at radius 3 is 2.59 bits per heavy atom.